The van der Waals surface area contributed by atoms with Crippen molar-refractivity contribution in [3.05, 3.63) is 16.0 Å². The van der Waals surface area contributed by atoms with Crippen LogP contribution in [0.25, 0.3) is 0 Å². The number of thiophene rings is 1. The van der Waals surface area contributed by atoms with Crippen molar-refractivity contribution in [2.24, 2.45) is 5.73 Å². The van der Waals surface area contributed by atoms with Gasteiger partial charge in [0.05, 0.1) is 18.2 Å². The number of piperazine rings is 1. The second-order valence-corrected chi connectivity index (χ2v) is 9.21. The maximum Gasteiger partial charge on any atom is 0.251 e. The van der Waals surface area contributed by atoms with Crippen molar-refractivity contribution < 1.29 is 14.4 Å². The normalized spacial score (nSPS) is 18.1. The van der Waals surface area contributed by atoms with Crippen LogP contribution in [0.4, 0.5) is 5.00 Å². The van der Waals surface area contributed by atoms with E-state index in [1.54, 1.807) is 0 Å². The molecule has 0 saturated carbocycles. The van der Waals surface area contributed by atoms with Gasteiger partial charge in [0.2, 0.25) is 11.8 Å². The van der Waals surface area contributed by atoms with E-state index in [-0.39, 0.29) is 17.9 Å². The molecule has 3 amide bonds. The van der Waals surface area contributed by atoms with E-state index >= 15 is 0 Å². The lowest BCUT2D eigenvalue weighted by Gasteiger charge is -2.37. The molecule has 1 saturated heterocycles. The number of hydrogen-bond donors (Lipinski definition) is 3. The van der Waals surface area contributed by atoms with Crippen LogP contribution in [0.1, 0.15) is 53.9 Å². The third kappa shape index (κ3) is 5.39. The first-order valence-corrected chi connectivity index (χ1v) is 11.7. The predicted octanol–water partition coefficient (Wildman–Crippen LogP) is 1.20. The summed E-state index contributed by atoms with van der Waals surface area (Å²) in [6.45, 7) is 8.06. The average molecular weight is 436 g/mol. The number of carbonyl (C=O) groups is 3. The highest BCUT2D eigenvalue weighted by Gasteiger charge is 2.30. The highest BCUT2D eigenvalue weighted by atomic mass is 32.1. The molecule has 2 heterocycles. The summed E-state index contributed by atoms with van der Waals surface area (Å²) in [6.07, 6.45) is 4.89. The number of hydrogen-bond acceptors (Lipinski definition) is 6. The maximum absolute atomic E-state index is 12.8. The summed E-state index contributed by atoms with van der Waals surface area (Å²) >= 11 is 1.48. The molecule has 0 spiro atoms. The van der Waals surface area contributed by atoms with Gasteiger partial charge in [0.15, 0.2) is 0 Å². The van der Waals surface area contributed by atoms with Gasteiger partial charge in [-0.25, -0.2) is 0 Å². The first-order valence-electron chi connectivity index (χ1n) is 10.9. The van der Waals surface area contributed by atoms with E-state index in [1.165, 1.54) is 11.3 Å². The van der Waals surface area contributed by atoms with Crippen LogP contribution in [-0.4, -0.2) is 72.8 Å². The molecule has 4 N–H and O–H groups in total. The molecule has 1 fully saturated rings. The molecule has 1 aliphatic carbocycles. The number of aryl methyl sites for hydroxylation is 1. The van der Waals surface area contributed by atoms with Crippen LogP contribution in [0.3, 0.4) is 0 Å². The van der Waals surface area contributed by atoms with Crippen LogP contribution in [0.15, 0.2) is 0 Å². The Hall–Kier alpha value is -1.97. The summed E-state index contributed by atoms with van der Waals surface area (Å²) in [5.41, 5.74) is 7.10. The van der Waals surface area contributed by atoms with Crippen molar-refractivity contribution in [3.63, 3.8) is 0 Å². The van der Waals surface area contributed by atoms with Crippen LogP contribution in [0.2, 0.25) is 0 Å². The summed E-state index contributed by atoms with van der Waals surface area (Å²) < 4.78 is 0. The van der Waals surface area contributed by atoms with E-state index in [0.717, 1.165) is 75.3 Å². The summed E-state index contributed by atoms with van der Waals surface area (Å²) in [4.78, 5) is 42.2. The molecule has 1 unspecified atom stereocenters. The molecule has 0 aromatic carbocycles. The molecule has 0 bridgehead atoms. The zero-order valence-electron chi connectivity index (χ0n) is 18.0. The van der Waals surface area contributed by atoms with Gasteiger partial charge in [0.25, 0.3) is 5.91 Å². The molecule has 8 nitrogen and oxygen atoms in total. The molecule has 1 atom stereocenters. The Morgan fingerprint density at radius 3 is 2.57 bits per heavy atom. The van der Waals surface area contributed by atoms with Gasteiger partial charge in [0, 0.05) is 37.6 Å². The van der Waals surface area contributed by atoms with Crippen molar-refractivity contribution in [2.45, 2.75) is 52.0 Å². The summed E-state index contributed by atoms with van der Waals surface area (Å²) in [5.74, 6) is -0.529. The van der Waals surface area contributed by atoms with E-state index in [1.807, 2.05) is 6.92 Å². The number of nitrogens with one attached hydrogen (secondary N) is 2. The Morgan fingerprint density at radius 2 is 1.90 bits per heavy atom. The molecule has 0 radical (unpaired) electrons. The third-order valence-corrected chi connectivity index (χ3v) is 7.17. The number of nitrogens with zero attached hydrogens (tertiary/aromatic N) is 2. The zero-order chi connectivity index (χ0) is 21.7. The third-order valence-electron chi connectivity index (χ3n) is 5.96. The number of carbonyl (C=O) groups excluding carboxylic acids is 3. The molecular formula is C21H33N5O3S. The van der Waals surface area contributed by atoms with Gasteiger partial charge in [0.1, 0.15) is 5.00 Å². The fraction of sp³-hybridized carbons (Fsp3) is 0.667. The Labute approximate surface area is 182 Å². The van der Waals surface area contributed by atoms with Gasteiger partial charge in [-0.2, -0.15) is 0 Å². The van der Waals surface area contributed by atoms with Gasteiger partial charge in [-0.3, -0.25) is 24.2 Å². The molecule has 1 aromatic rings. The first-order chi connectivity index (χ1) is 14.4. The lowest BCUT2D eigenvalue weighted by molar-refractivity contribution is -0.124. The number of rotatable bonds is 9. The highest BCUT2D eigenvalue weighted by Crippen LogP contribution is 2.38. The summed E-state index contributed by atoms with van der Waals surface area (Å²) in [5, 5.41) is 6.49. The van der Waals surface area contributed by atoms with Crippen molar-refractivity contribution in [1.29, 1.82) is 0 Å². The van der Waals surface area contributed by atoms with Crippen LogP contribution < -0.4 is 16.4 Å². The fourth-order valence-electron chi connectivity index (χ4n) is 4.11. The number of anilines is 1. The monoisotopic (exact) mass is 435 g/mol. The standard InChI is InChI=1S/C21H33N5O3S/c1-3-4-8-23-17(27)13-25-9-11-26(12-10-25)14(2)20(29)24-21-18(19(22)28)15-6-5-7-16(15)30-21/h14H,3-13H2,1-2H3,(H2,22,28)(H,23,27)(H,24,29). The largest absolute Gasteiger partial charge is 0.365 e. The zero-order valence-corrected chi connectivity index (χ0v) is 18.8. The number of unbranched alkanes of at least 4 members (excludes halogenated alkanes) is 1. The lowest BCUT2D eigenvalue weighted by atomic mass is 10.1. The van der Waals surface area contributed by atoms with Crippen LogP contribution >= 0.6 is 11.3 Å². The average Bonchev–Trinajstić information content (AvgIpc) is 3.28. The molecule has 166 valence electrons. The molecule has 30 heavy (non-hydrogen) atoms. The summed E-state index contributed by atoms with van der Waals surface area (Å²) in [6, 6.07) is -0.316. The minimum Gasteiger partial charge on any atom is -0.365 e. The van der Waals surface area contributed by atoms with E-state index in [9.17, 15) is 14.4 Å². The van der Waals surface area contributed by atoms with E-state index in [2.05, 4.69) is 27.4 Å². The van der Waals surface area contributed by atoms with Gasteiger partial charge in [-0.05, 0) is 38.2 Å². The minimum atomic E-state index is -0.469. The topological polar surface area (TPSA) is 108 Å². The Bertz CT molecular complexity index is 786. The number of primary amides is 1. The Morgan fingerprint density at radius 1 is 1.17 bits per heavy atom. The van der Waals surface area contributed by atoms with Crippen LogP contribution in [0, 0.1) is 0 Å². The highest BCUT2D eigenvalue weighted by molar-refractivity contribution is 7.17. The van der Waals surface area contributed by atoms with E-state index in [4.69, 9.17) is 5.73 Å². The van der Waals surface area contributed by atoms with E-state index < -0.39 is 5.91 Å². The second-order valence-electron chi connectivity index (χ2n) is 8.11. The van der Waals surface area contributed by atoms with Gasteiger partial charge >= 0.3 is 0 Å². The molecule has 3 rings (SSSR count). The van der Waals surface area contributed by atoms with Gasteiger partial charge < -0.3 is 16.4 Å². The quantitative estimate of drug-likeness (QED) is 0.505. The molecule has 1 aromatic heterocycles. The van der Waals surface area contributed by atoms with Gasteiger partial charge in [-0.15, -0.1) is 11.3 Å². The summed E-state index contributed by atoms with van der Waals surface area (Å²) in [7, 11) is 0. The number of fused-ring (bicyclic) bond motifs is 1. The lowest BCUT2D eigenvalue weighted by Crippen LogP contribution is -2.54. The van der Waals surface area contributed by atoms with Crippen molar-refractivity contribution in [1.82, 2.24) is 15.1 Å². The van der Waals surface area contributed by atoms with Crippen LogP contribution in [-0.2, 0) is 22.4 Å². The first kappa shape index (κ1) is 22.7. The van der Waals surface area contributed by atoms with Crippen LogP contribution in [0.5, 0.6) is 0 Å². The molecular weight excluding hydrogens is 402 g/mol. The predicted molar refractivity (Wildman–Crippen MR) is 119 cm³/mol. The van der Waals surface area contributed by atoms with Gasteiger partial charge in [-0.1, -0.05) is 13.3 Å². The smallest absolute Gasteiger partial charge is 0.251 e. The fourth-order valence-corrected chi connectivity index (χ4v) is 5.41. The Kier molecular flexibility index (Phi) is 7.85. The number of amides is 3. The minimum absolute atomic E-state index is 0.0624. The molecule has 9 heteroatoms. The second kappa shape index (κ2) is 10.4. The van der Waals surface area contributed by atoms with E-state index in [0.29, 0.717) is 17.1 Å². The van der Waals surface area contributed by atoms with Crippen molar-refractivity contribution in [3.8, 4) is 0 Å². The Balaban J connectivity index is 1.50. The van der Waals surface area contributed by atoms with Crippen molar-refractivity contribution in [2.75, 3.05) is 44.6 Å². The maximum atomic E-state index is 12.8. The molecule has 1 aliphatic heterocycles. The number of nitrogens with two attached hydrogens (primary N) is 1. The SMILES string of the molecule is CCCCNC(=O)CN1CCN(C(C)C(=O)Nc2sc3c(c2C(N)=O)CCC3)CC1. The molecule has 2 aliphatic rings. The van der Waals surface area contributed by atoms with Crippen molar-refractivity contribution >= 4 is 34.1 Å².